The van der Waals surface area contributed by atoms with E-state index in [9.17, 15) is 74.6 Å². The van der Waals surface area contributed by atoms with Gasteiger partial charge in [0.2, 0.25) is 0 Å². The number of aliphatic hydroxyl groups excluding tert-OH is 9. The molecule has 0 bridgehead atoms. The van der Waals surface area contributed by atoms with Crippen molar-refractivity contribution in [2.75, 3.05) is 26.4 Å². The molecule has 19 unspecified atom stereocenters. The summed E-state index contributed by atoms with van der Waals surface area (Å²) in [6, 6.07) is 0. The smallest absolute Gasteiger partial charge is 0.463 e. The second-order valence-electron chi connectivity index (χ2n) is 35.6. The van der Waals surface area contributed by atoms with Gasteiger partial charge >= 0.3 is 31.7 Å². The number of esters is 4. The summed E-state index contributed by atoms with van der Waals surface area (Å²) in [6.45, 7) is 7.93. The monoisotopic (exact) mass is 1750 g/mol. The Morgan fingerprint density at radius 1 is 0.347 bits per heavy atom. The molecule has 3 rings (SSSR count). The molecule has 2 aliphatic heterocycles. The van der Waals surface area contributed by atoms with Gasteiger partial charge in [-0.15, -0.1) is 0 Å². The first-order valence-electron chi connectivity index (χ1n) is 49.3. The molecule has 1 saturated carbocycles. The molecule has 2 heterocycles. The highest BCUT2D eigenvalue weighted by atomic mass is 31.2. The van der Waals surface area contributed by atoms with E-state index in [4.69, 9.17) is 46.9 Å². The molecule has 0 spiro atoms. The number of hydrogen-bond acceptors (Lipinski definition) is 24. The number of phosphoric acid groups is 1. The van der Waals surface area contributed by atoms with E-state index < -0.39 is 162 Å². The van der Waals surface area contributed by atoms with Crippen LogP contribution in [0.4, 0.5) is 0 Å². The molecule has 712 valence electrons. The van der Waals surface area contributed by atoms with E-state index in [2.05, 4.69) is 46.8 Å². The van der Waals surface area contributed by atoms with Gasteiger partial charge in [0.05, 0.1) is 13.2 Å². The van der Waals surface area contributed by atoms with Crippen molar-refractivity contribution >= 4 is 31.7 Å². The van der Waals surface area contributed by atoms with Crippen molar-refractivity contribution in [1.29, 1.82) is 0 Å². The van der Waals surface area contributed by atoms with Crippen molar-refractivity contribution in [1.82, 2.24) is 0 Å². The first-order valence-corrected chi connectivity index (χ1v) is 50.8. The Balaban J connectivity index is 1.91. The van der Waals surface area contributed by atoms with Crippen molar-refractivity contribution in [2.45, 2.75) is 537 Å². The van der Waals surface area contributed by atoms with Crippen LogP contribution in [0.5, 0.6) is 0 Å². The van der Waals surface area contributed by atoms with Crippen LogP contribution >= 0.6 is 7.82 Å². The van der Waals surface area contributed by atoms with E-state index in [1.807, 2.05) is 0 Å². The van der Waals surface area contributed by atoms with Gasteiger partial charge in [-0.25, -0.2) is 4.57 Å². The van der Waals surface area contributed by atoms with Gasteiger partial charge in [-0.05, 0) is 57.3 Å². The number of hydrogen-bond donors (Lipinski definition) is 10. The molecule has 1 aliphatic carbocycles. The highest BCUT2D eigenvalue weighted by Crippen LogP contribution is 2.49. The lowest BCUT2D eigenvalue weighted by Crippen LogP contribution is -2.70. The lowest BCUT2D eigenvalue weighted by Gasteiger charge is -2.50. The molecule has 3 fully saturated rings. The molecule has 19 atom stereocenters. The summed E-state index contributed by atoms with van der Waals surface area (Å²) in [7, 11) is -5.81. The molecule has 0 aromatic heterocycles. The maximum atomic E-state index is 14.9. The maximum absolute atomic E-state index is 14.9. The van der Waals surface area contributed by atoms with Crippen molar-refractivity contribution in [3.8, 4) is 0 Å². The topological polar surface area (TPSA) is 380 Å². The summed E-state index contributed by atoms with van der Waals surface area (Å²) < 4.78 is 73.6. The normalized spacial score (nSPS) is 24.9. The SMILES string of the molecule is CCCCCC/C=C\CCCCCCCCCC(=O)OCC1OC(OC2C(OC(=O)CCCCCCCCC(C)CCCCCCCC)C(O)C(O)C(OC3OC(CO)C(O)C(O)C3O)C2OP(=O)(O)OCC(COC(=O)CCCCCCCCCCCCCCCCCC)OC(=O)CCCCCCCCCCCCCCCCC)C(O)C(O)C1O. The van der Waals surface area contributed by atoms with Crippen LogP contribution in [0, 0.1) is 5.92 Å². The van der Waals surface area contributed by atoms with E-state index in [1.165, 1.54) is 193 Å². The molecule has 121 heavy (non-hydrogen) atoms. The highest BCUT2D eigenvalue weighted by molar-refractivity contribution is 7.47. The maximum Gasteiger partial charge on any atom is 0.472 e. The van der Waals surface area contributed by atoms with Gasteiger partial charge in [0, 0.05) is 25.7 Å². The Morgan fingerprint density at radius 2 is 0.669 bits per heavy atom. The molecule has 0 amide bonds. The van der Waals surface area contributed by atoms with E-state index in [1.54, 1.807) is 0 Å². The minimum Gasteiger partial charge on any atom is -0.463 e. The number of allylic oxidation sites excluding steroid dienone is 2. The van der Waals surface area contributed by atoms with Gasteiger partial charge in [0.15, 0.2) is 24.8 Å². The number of ether oxygens (including phenoxy) is 8. The minimum absolute atomic E-state index is 0.0106. The molecule has 26 heteroatoms. The quantitative estimate of drug-likeness (QED) is 0.00889. The predicted octanol–water partition coefficient (Wildman–Crippen LogP) is 19.0. The molecular formula is C95H177O25P. The zero-order chi connectivity index (χ0) is 88.4. The standard InChI is InChI=1S/C95H177O25P/c1-6-10-14-18-22-25-28-31-34-37-39-41-44-47-54-60-66-78(97)111-71-75(114-80(99)68-62-56-49-46-43-40-36-33-30-27-24-20-16-12-8-3)72-113-121(109,110)120-93-91(118-94-88(107)84(103)82(101)76(70-96)115-94)87(106)86(105)90(117-81(100)69-63-57-51-50-53-59-65-74(5)64-58-52-21-17-13-9-4)92(93)119-95-89(108)85(104)83(102)77(116-95)73-112-79(98)67-61-55-48-45-42-38-35-32-29-26-23-19-15-11-7-2/h26,29,74-77,82-96,101-108H,6-25,27-28,30-73H2,1-5H3,(H,109,110)/b29-26-. The number of aliphatic hydroxyl groups is 9. The van der Waals surface area contributed by atoms with E-state index in [0.717, 1.165) is 148 Å². The Labute approximate surface area is 731 Å². The zero-order valence-corrected chi connectivity index (χ0v) is 77.2. The second-order valence-corrected chi connectivity index (χ2v) is 37.0. The van der Waals surface area contributed by atoms with E-state index in [-0.39, 0.29) is 25.7 Å². The first kappa shape index (κ1) is 112. The molecule has 2 saturated heterocycles. The van der Waals surface area contributed by atoms with Crippen LogP contribution < -0.4 is 0 Å². The molecule has 10 N–H and O–H groups in total. The first-order chi connectivity index (χ1) is 58.6. The Bertz CT molecular complexity index is 2570. The van der Waals surface area contributed by atoms with E-state index >= 15 is 0 Å². The zero-order valence-electron chi connectivity index (χ0n) is 76.3. The Kier molecular flexibility index (Phi) is 67.8. The number of rotatable bonds is 80. The van der Waals surface area contributed by atoms with Crippen molar-refractivity contribution < 1.29 is 122 Å². The fourth-order valence-corrected chi connectivity index (χ4v) is 17.5. The van der Waals surface area contributed by atoms with Gasteiger partial charge in [-0.2, -0.15) is 0 Å². The lowest BCUT2D eigenvalue weighted by molar-refractivity contribution is -0.360. The number of phosphoric ester groups is 1. The van der Waals surface area contributed by atoms with Crippen LogP contribution in [0.3, 0.4) is 0 Å². The molecule has 0 aromatic rings. The predicted molar refractivity (Wildman–Crippen MR) is 472 cm³/mol. The molecule has 25 nitrogen and oxygen atoms in total. The van der Waals surface area contributed by atoms with Gasteiger partial charge in [-0.3, -0.25) is 28.2 Å². The number of carbonyl (C=O) groups excluding carboxylic acids is 4. The minimum atomic E-state index is -5.81. The van der Waals surface area contributed by atoms with Crippen LogP contribution in [0.1, 0.15) is 433 Å². The second kappa shape index (κ2) is 73.0. The summed E-state index contributed by atoms with van der Waals surface area (Å²) in [5.74, 6) is -2.32. The summed E-state index contributed by atoms with van der Waals surface area (Å²) in [6.07, 6.45) is 31.8. The highest BCUT2D eigenvalue weighted by Gasteiger charge is 2.60. The van der Waals surface area contributed by atoms with Crippen LogP contribution in [-0.4, -0.2) is 205 Å². The Hall–Kier alpha value is -2.79. The van der Waals surface area contributed by atoms with Gasteiger partial charge in [0.25, 0.3) is 0 Å². The number of unbranched alkanes of at least 4 members (excludes halogenated alkanes) is 50. The summed E-state index contributed by atoms with van der Waals surface area (Å²) in [4.78, 5) is 66.7. The van der Waals surface area contributed by atoms with Gasteiger partial charge < -0.3 is 88.7 Å². The molecule has 0 aromatic carbocycles. The van der Waals surface area contributed by atoms with Crippen molar-refractivity contribution in [3.63, 3.8) is 0 Å². The third kappa shape index (κ3) is 53.1. The number of carbonyl (C=O) groups is 4. The van der Waals surface area contributed by atoms with Crippen molar-refractivity contribution in [2.24, 2.45) is 5.92 Å². The summed E-state index contributed by atoms with van der Waals surface area (Å²) in [5, 5.41) is 103. The summed E-state index contributed by atoms with van der Waals surface area (Å²) >= 11 is 0. The molecule has 0 radical (unpaired) electrons. The van der Waals surface area contributed by atoms with Crippen LogP contribution in [0.2, 0.25) is 0 Å². The third-order valence-electron chi connectivity index (χ3n) is 24.4. The fourth-order valence-electron chi connectivity index (χ4n) is 16.5. The van der Waals surface area contributed by atoms with Crippen LogP contribution in [0.15, 0.2) is 12.2 Å². The molecular weight excluding hydrogens is 1570 g/mol. The largest absolute Gasteiger partial charge is 0.472 e. The van der Waals surface area contributed by atoms with Gasteiger partial charge in [-0.1, -0.05) is 368 Å². The third-order valence-corrected chi connectivity index (χ3v) is 25.4. The average molecular weight is 1750 g/mol. The fraction of sp³-hybridized carbons (Fsp3) is 0.937. The average Bonchev–Trinajstić information content (AvgIpc) is 0.753. The van der Waals surface area contributed by atoms with Gasteiger partial charge in [0.1, 0.15) is 92.6 Å². The summed E-state index contributed by atoms with van der Waals surface area (Å²) in [5.41, 5.74) is 0. The van der Waals surface area contributed by atoms with Crippen LogP contribution in [0.25, 0.3) is 0 Å². The Morgan fingerprint density at radius 3 is 1.07 bits per heavy atom. The van der Waals surface area contributed by atoms with Crippen molar-refractivity contribution in [3.05, 3.63) is 12.2 Å². The van der Waals surface area contributed by atoms with E-state index in [0.29, 0.717) is 38.0 Å². The lowest BCUT2D eigenvalue weighted by atomic mass is 9.84. The molecule has 3 aliphatic rings. The van der Waals surface area contributed by atoms with Crippen LogP contribution in [-0.2, 0) is 70.7 Å².